The number of piperidine rings is 1. The molecule has 2 saturated heterocycles. The van der Waals surface area contributed by atoms with Crippen LogP contribution in [0.15, 0.2) is 24.7 Å². The summed E-state index contributed by atoms with van der Waals surface area (Å²) in [6.45, 7) is 9.41. The lowest BCUT2D eigenvalue weighted by Crippen LogP contribution is -2.53. The second-order valence-corrected chi connectivity index (χ2v) is 7.29. The maximum Gasteiger partial charge on any atom is 0.137 e. The van der Waals surface area contributed by atoms with Gasteiger partial charge < -0.3 is 14.2 Å². The number of fused-ring (bicyclic) bond motifs is 1. The summed E-state index contributed by atoms with van der Waals surface area (Å²) in [5.74, 6) is 0. The van der Waals surface area contributed by atoms with Crippen molar-refractivity contribution in [3.05, 3.63) is 30.2 Å². The van der Waals surface area contributed by atoms with Crippen LogP contribution in [-0.2, 0) is 6.42 Å². The van der Waals surface area contributed by atoms with Gasteiger partial charge in [0.15, 0.2) is 0 Å². The highest BCUT2D eigenvalue weighted by atomic mass is 15.3. The first-order valence-electron chi connectivity index (χ1n) is 9.37. The minimum Gasteiger partial charge on any atom is -0.368 e. The normalized spacial score (nSPS) is 21.7. The Morgan fingerprint density at radius 2 is 1.83 bits per heavy atom. The zero-order valence-corrected chi connectivity index (χ0v) is 15.0. The average Bonchev–Trinajstić information content (AvgIpc) is 3.09. The quantitative estimate of drug-likeness (QED) is 0.863. The second-order valence-electron chi connectivity index (χ2n) is 7.29. The van der Waals surface area contributed by atoms with E-state index >= 15 is 0 Å². The van der Waals surface area contributed by atoms with Gasteiger partial charge in [-0.05, 0) is 51.0 Å². The van der Waals surface area contributed by atoms with Crippen LogP contribution >= 0.6 is 0 Å². The fourth-order valence-electron chi connectivity index (χ4n) is 4.25. The number of piperazine rings is 1. The summed E-state index contributed by atoms with van der Waals surface area (Å²) in [6.07, 6.45) is 9.93. The van der Waals surface area contributed by atoms with Crippen LogP contribution in [-0.4, -0.2) is 71.5 Å². The van der Waals surface area contributed by atoms with Crippen LogP contribution < -0.4 is 4.90 Å². The van der Waals surface area contributed by atoms with Crippen molar-refractivity contribution in [3.8, 4) is 0 Å². The van der Waals surface area contributed by atoms with Gasteiger partial charge >= 0.3 is 0 Å². The van der Waals surface area contributed by atoms with E-state index in [-0.39, 0.29) is 0 Å². The van der Waals surface area contributed by atoms with Crippen molar-refractivity contribution >= 4 is 11.3 Å². The molecule has 2 aromatic rings. The Hall–Kier alpha value is -1.59. The predicted molar refractivity (Wildman–Crippen MR) is 98.9 cm³/mol. The summed E-state index contributed by atoms with van der Waals surface area (Å²) >= 11 is 0. The van der Waals surface area contributed by atoms with Crippen molar-refractivity contribution < 1.29 is 0 Å². The number of likely N-dealkylation sites (tertiary alicyclic amines) is 1. The lowest BCUT2D eigenvalue weighted by molar-refractivity contribution is 0.115. The standard InChI is InChI=1S/C19H29N5/c1-3-16-14-19-20-6-9-24(19)15-18(16)23-12-10-22(11-13-23)17-4-7-21(2)8-5-17/h6,9,14-15,17H,3-5,7-8,10-13H2,1-2H3. The van der Waals surface area contributed by atoms with Gasteiger partial charge in [0.2, 0.25) is 0 Å². The number of aromatic nitrogens is 2. The Morgan fingerprint density at radius 1 is 1.08 bits per heavy atom. The molecule has 130 valence electrons. The summed E-state index contributed by atoms with van der Waals surface area (Å²) in [4.78, 5) is 12.2. The monoisotopic (exact) mass is 327 g/mol. The first kappa shape index (κ1) is 15.9. The minimum atomic E-state index is 0.796. The van der Waals surface area contributed by atoms with Gasteiger partial charge in [-0.2, -0.15) is 0 Å². The summed E-state index contributed by atoms with van der Waals surface area (Å²) in [5.41, 5.74) is 3.87. The van der Waals surface area contributed by atoms with Gasteiger partial charge in [-0.15, -0.1) is 0 Å². The van der Waals surface area contributed by atoms with E-state index in [0.717, 1.165) is 31.2 Å². The highest BCUT2D eigenvalue weighted by Gasteiger charge is 2.27. The largest absolute Gasteiger partial charge is 0.368 e. The zero-order valence-electron chi connectivity index (χ0n) is 15.0. The molecule has 5 heteroatoms. The molecule has 5 nitrogen and oxygen atoms in total. The highest BCUT2D eigenvalue weighted by Crippen LogP contribution is 2.25. The summed E-state index contributed by atoms with van der Waals surface area (Å²) < 4.78 is 2.15. The van der Waals surface area contributed by atoms with Crippen molar-refractivity contribution in [2.45, 2.75) is 32.2 Å². The summed E-state index contributed by atoms with van der Waals surface area (Å²) in [7, 11) is 2.24. The third kappa shape index (κ3) is 3.03. The number of rotatable bonds is 3. The van der Waals surface area contributed by atoms with E-state index in [2.05, 4.69) is 50.3 Å². The number of pyridine rings is 1. The van der Waals surface area contributed by atoms with Gasteiger partial charge in [0.05, 0.1) is 5.69 Å². The number of aryl methyl sites for hydroxylation is 1. The molecular formula is C19H29N5. The van der Waals surface area contributed by atoms with E-state index in [1.165, 1.54) is 50.3 Å². The van der Waals surface area contributed by atoms with Crippen molar-refractivity contribution in [2.75, 3.05) is 51.2 Å². The second kappa shape index (κ2) is 6.73. The fraction of sp³-hybridized carbons (Fsp3) is 0.632. The van der Waals surface area contributed by atoms with Gasteiger partial charge in [-0.25, -0.2) is 4.98 Å². The third-order valence-corrected chi connectivity index (χ3v) is 5.83. The lowest BCUT2D eigenvalue weighted by atomic mass is 10.0. The molecule has 0 radical (unpaired) electrons. The van der Waals surface area contributed by atoms with Gasteiger partial charge in [0, 0.05) is 50.8 Å². The first-order valence-corrected chi connectivity index (χ1v) is 9.37. The van der Waals surface area contributed by atoms with E-state index in [0.29, 0.717) is 0 Å². The van der Waals surface area contributed by atoms with E-state index in [1.54, 1.807) is 0 Å². The molecule has 0 atom stereocenters. The average molecular weight is 327 g/mol. The lowest BCUT2D eigenvalue weighted by Gasteiger charge is -2.43. The van der Waals surface area contributed by atoms with Gasteiger partial charge in [-0.1, -0.05) is 6.92 Å². The Labute approximate surface area is 144 Å². The van der Waals surface area contributed by atoms with Crippen molar-refractivity contribution in [2.24, 2.45) is 0 Å². The third-order valence-electron chi connectivity index (χ3n) is 5.83. The first-order chi connectivity index (χ1) is 11.7. The molecule has 2 aromatic heterocycles. The SMILES string of the molecule is CCc1cc2nccn2cc1N1CCN(C2CCN(C)CC2)CC1. The number of anilines is 1. The van der Waals surface area contributed by atoms with Gasteiger partial charge in [0.1, 0.15) is 5.65 Å². The van der Waals surface area contributed by atoms with Crippen LogP contribution in [0.5, 0.6) is 0 Å². The molecule has 2 fully saturated rings. The molecule has 24 heavy (non-hydrogen) atoms. The van der Waals surface area contributed by atoms with Crippen LogP contribution in [0.4, 0.5) is 5.69 Å². The van der Waals surface area contributed by atoms with Gasteiger partial charge in [0.25, 0.3) is 0 Å². The van der Waals surface area contributed by atoms with Crippen LogP contribution in [0, 0.1) is 0 Å². The minimum absolute atomic E-state index is 0.796. The molecule has 0 bridgehead atoms. The maximum atomic E-state index is 4.43. The van der Waals surface area contributed by atoms with Crippen LogP contribution in [0.25, 0.3) is 5.65 Å². The maximum absolute atomic E-state index is 4.43. The number of hydrogen-bond acceptors (Lipinski definition) is 4. The fourth-order valence-corrected chi connectivity index (χ4v) is 4.25. The Bertz CT molecular complexity index is 678. The predicted octanol–water partition coefficient (Wildman–Crippen LogP) is 2.11. The molecule has 0 amide bonds. The Morgan fingerprint density at radius 3 is 2.54 bits per heavy atom. The zero-order chi connectivity index (χ0) is 16.5. The molecule has 0 aliphatic carbocycles. The Balaban J connectivity index is 1.45. The van der Waals surface area contributed by atoms with Gasteiger partial charge in [-0.3, -0.25) is 4.90 Å². The van der Waals surface area contributed by atoms with Crippen molar-refractivity contribution in [1.29, 1.82) is 0 Å². The smallest absolute Gasteiger partial charge is 0.137 e. The molecule has 4 rings (SSSR count). The number of imidazole rings is 1. The van der Waals surface area contributed by atoms with E-state index < -0.39 is 0 Å². The molecular weight excluding hydrogens is 298 g/mol. The van der Waals surface area contributed by atoms with Crippen LogP contribution in [0.3, 0.4) is 0 Å². The summed E-state index contributed by atoms with van der Waals surface area (Å²) in [5, 5.41) is 0. The molecule has 2 aliphatic heterocycles. The van der Waals surface area contributed by atoms with Crippen LogP contribution in [0.1, 0.15) is 25.3 Å². The Kier molecular flexibility index (Phi) is 4.46. The van der Waals surface area contributed by atoms with E-state index in [4.69, 9.17) is 0 Å². The molecule has 0 N–H and O–H groups in total. The molecule has 0 spiro atoms. The van der Waals surface area contributed by atoms with E-state index in [1.807, 2.05) is 12.4 Å². The van der Waals surface area contributed by atoms with E-state index in [9.17, 15) is 0 Å². The number of hydrogen-bond donors (Lipinski definition) is 0. The van der Waals surface area contributed by atoms with Crippen LogP contribution in [0.2, 0.25) is 0 Å². The molecule has 4 heterocycles. The highest BCUT2D eigenvalue weighted by molar-refractivity contribution is 5.59. The van der Waals surface area contributed by atoms with Crippen molar-refractivity contribution in [1.82, 2.24) is 19.2 Å². The summed E-state index contributed by atoms with van der Waals surface area (Å²) in [6, 6.07) is 3.05. The molecule has 0 saturated carbocycles. The number of nitrogens with zero attached hydrogens (tertiary/aromatic N) is 5. The van der Waals surface area contributed by atoms with Crippen molar-refractivity contribution in [3.63, 3.8) is 0 Å². The topological polar surface area (TPSA) is 27.0 Å². The molecule has 0 unspecified atom stereocenters. The molecule has 2 aliphatic rings. The molecule has 0 aromatic carbocycles.